The van der Waals surface area contributed by atoms with E-state index in [9.17, 15) is 0 Å². The van der Waals surface area contributed by atoms with Crippen LogP contribution in [0.15, 0.2) is 30.9 Å². The summed E-state index contributed by atoms with van der Waals surface area (Å²) in [6.45, 7) is 4.59. The topological polar surface area (TPSA) is 102 Å². The van der Waals surface area contributed by atoms with Crippen LogP contribution in [0, 0.1) is 13.8 Å². The Hall–Kier alpha value is -2.74. The van der Waals surface area contributed by atoms with Crippen molar-refractivity contribution >= 4 is 33.8 Å². The van der Waals surface area contributed by atoms with Crippen LogP contribution in [0.25, 0.3) is 0 Å². The molecule has 0 bridgehead atoms. The van der Waals surface area contributed by atoms with E-state index in [0.29, 0.717) is 23.9 Å². The molecule has 0 aliphatic rings. The van der Waals surface area contributed by atoms with Crippen LogP contribution in [-0.2, 0) is 6.54 Å². The standard InChI is InChI=1S/C15H17N7S/c1-9-10(2)23-15(21-9)22-14-12(16)13(19-8-20-14)18-7-11-4-3-5-17-6-11/h3-6,8H,7,16H2,1-2H3,(H2,18,19,20,21,22). The number of nitrogens with two attached hydrogens (primary N) is 1. The van der Waals surface area contributed by atoms with Crippen molar-refractivity contribution in [2.45, 2.75) is 20.4 Å². The zero-order valence-corrected chi connectivity index (χ0v) is 13.7. The molecule has 3 aromatic heterocycles. The highest BCUT2D eigenvalue weighted by Crippen LogP contribution is 2.29. The van der Waals surface area contributed by atoms with Gasteiger partial charge in [0.25, 0.3) is 0 Å². The lowest BCUT2D eigenvalue weighted by molar-refractivity contribution is 1.07. The second kappa shape index (κ2) is 6.57. The molecule has 0 unspecified atom stereocenters. The van der Waals surface area contributed by atoms with Crippen LogP contribution in [0.3, 0.4) is 0 Å². The average molecular weight is 327 g/mol. The molecule has 0 spiro atoms. The summed E-state index contributed by atoms with van der Waals surface area (Å²) >= 11 is 1.57. The Bertz CT molecular complexity index is 781. The molecule has 4 N–H and O–H groups in total. The van der Waals surface area contributed by atoms with E-state index in [1.54, 1.807) is 23.7 Å². The van der Waals surface area contributed by atoms with Crippen molar-refractivity contribution in [2.75, 3.05) is 16.4 Å². The molecule has 0 aliphatic heterocycles. The van der Waals surface area contributed by atoms with Crippen molar-refractivity contribution in [2.24, 2.45) is 0 Å². The predicted octanol–water partition coefficient (Wildman–Crippen LogP) is 2.88. The van der Waals surface area contributed by atoms with Crippen LogP contribution >= 0.6 is 11.3 Å². The van der Waals surface area contributed by atoms with Gasteiger partial charge in [0, 0.05) is 23.8 Å². The molecule has 3 heterocycles. The van der Waals surface area contributed by atoms with Crippen LogP contribution < -0.4 is 16.4 Å². The Labute approximate surface area is 138 Å². The van der Waals surface area contributed by atoms with Crippen molar-refractivity contribution in [1.82, 2.24) is 19.9 Å². The van der Waals surface area contributed by atoms with Gasteiger partial charge in [0.2, 0.25) is 0 Å². The second-order valence-electron chi connectivity index (χ2n) is 4.98. The van der Waals surface area contributed by atoms with Crippen molar-refractivity contribution in [1.29, 1.82) is 0 Å². The first-order chi connectivity index (χ1) is 11.1. The number of hydrogen-bond acceptors (Lipinski definition) is 8. The minimum Gasteiger partial charge on any atom is -0.393 e. The molecule has 3 rings (SSSR count). The smallest absolute Gasteiger partial charge is 0.188 e. The van der Waals surface area contributed by atoms with Gasteiger partial charge in [0.15, 0.2) is 16.8 Å². The van der Waals surface area contributed by atoms with Crippen molar-refractivity contribution in [3.05, 3.63) is 47.0 Å². The maximum atomic E-state index is 6.15. The summed E-state index contributed by atoms with van der Waals surface area (Å²) in [5.41, 5.74) is 8.66. The lowest BCUT2D eigenvalue weighted by Crippen LogP contribution is -2.08. The molecule has 0 atom stereocenters. The summed E-state index contributed by atoms with van der Waals surface area (Å²) in [5, 5.41) is 7.12. The van der Waals surface area contributed by atoms with Gasteiger partial charge < -0.3 is 16.4 Å². The molecule has 0 saturated heterocycles. The van der Waals surface area contributed by atoms with Gasteiger partial charge in [-0.2, -0.15) is 0 Å². The third kappa shape index (κ3) is 3.54. The minimum absolute atomic E-state index is 0.460. The first-order valence-electron chi connectivity index (χ1n) is 7.08. The number of pyridine rings is 1. The van der Waals surface area contributed by atoms with Gasteiger partial charge in [-0.1, -0.05) is 6.07 Å². The molecular formula is C15H17N7S. The minimum atomic E-state index is 0.460. The Morgan fingerprint density at radius 2 is 2.04 bits per heavy atom. The van der Waals surface area contributed by atoms with Crippen molar-refractivity contribution in [3.8, 4) is 0 Å². The van der Waals surface area contributed by atoms with Crippen molar-refractivity contribution < 1.29 is 0 Å². The van der Waals surface area contributed by atoms with E-state index in [2.05, 4.69) is 30.6 Å². The molecular weight excluding hydrogens is 310 g/mol. The van der Waals surface area contributed by atoms with Gasteiger partial charge in [-0.15, -0.1) is 11.3 Å². The fraction of sp³-hybridized carbons (Fsp3) is 0.200. The number of nitrogens with one attached hydrogen (secondary N) is 2. The number of thiazole rings is 1. The molecule has 0 fully saturated rings. The molecule has 0 radical (unpaired) electrons. The Kier molecular flexibility index (Phi) is 4.33. The molecule has 0 saturated carbocycles. The number of aromatic nitrogens is 4. The molecule has 118 valence electrons. The van der Waals surface area contributed by atoms with Gasteiger partial charge >= 0.3 is 0 Å². The molecule has 0 aromatic carbocycles. The predicted molar refractivity (Wildman–Crippen MR) is 92.9 cm³/mol. The summed E-state index contributed by atoms with van der Waals surface area (Å²) < 4.78 is 0. The average Bonchev–Trinajstić information content (AvgIpc) is 2.87. The quantitative estimate of drug-likeness (QED) is 0.662. The molecule has 0 amide bonds. The van der Waals surface area contributed by atoms with Gasteiger partial charge in [-0.25, -0.2) is 15.0 Å². The SMILES string of the molecule is Cc1nc(Nc2ncnc(NCc3cccnc3)c2N)sc1C. The number of rotatable bonds is 5. The van der Waals surface area contributed by atoms with E-state index in [0.717, 1.165) is 21.3 Å². The summed E-state index contributed by atoms with van der Waals surface area (Å²) in [6.07, 6.45) is 5.00. The summed E-state index contributed by atoms with van der Waals surface area (Å²) in [5.74, 6) is 1.12. The van der Waals surface area contributed by atoms with Crippen molar-refractivity contribution in [3.63, 3.8) is 0 Å². The van der Waals surface area contributed by atoms with Gasteiger partial charge in [-0.3, -0.25) is 4.98 Å². The third-order valence-corrected chi connectivity index (χ3v) is 4.31. The van der Waals surface area contributed by atoms with E-state index in [1.807, 2.05) is 26.0 Å². The van der Waals surface area contributed by atoms with Gasteiger partial charge in [-0.05, 0) is 25.5 Å². The van der Waals surface area contributed by atoms with E-state index < -0.39 is 0 Å². The Morgan fingerprint density at radius 1 is 1.22 bits per heavy atom. The van der Waals surface area contributed by atoms with Crippen LogP contribution in [0.2, 0.25) is 0 Å². The first-order valence-corrected chi connectivity index (χ1v) is 7.89. The summed E-state index contributed by atoms with van der Waals surface area (Å²) in [6, 6.07) is 3.87. The number of anilines is 4. The zero-order valence-electron chi connectivity index (χ0n) is 12.9. The van der Waals surface area contributed by atoms with Gasteiger partial charge in [0.05, 0.1) is 5.69 Å². The normalized spacial score (nSPS) is 10.5. The summed E-state index contributed by atoms with van der Waals surface area (Å²) in [7, 11) is 0. The van der Waals surface area contributed by atoms with E-state index >= 15 is 0 Å². The van der Waals surface area contributed by atoms with Gasteiger partial charge in [0.1, 0.15) is 12.0 Å². The lowest BCUT2D eigenvalue weighted by Gasteiger charge is -2.11. The number of nitrogen functional groups attached to an aromatic ring is 1. The number of hydrogen-bond donors (Lipinski definition) is 3. The number of aryl methyl sites for hydroxylation is 2. The molecule has 8 heteroatoms. The fourth-order valence-electron chi connectivity index (χ4n) is 1.95. The van der Waals surface area contributed by atoms with E-state index in [1.165, 1.54) is 6.33 Å². The monoisotopic (exact) mass is 327 g/mol. The Morgan fingerprint density at radius 3 is 2.74 bits per heavy atom. The van der Waals surface area contributed by atoms with Crippen LogP contribution in [0.4, 0.5) is 22.5 Å². The second-order valence-corrected chi connectivity index (χ2v) is 6.19. The largest absolute Gasteiger partial charge is 0.393 e. The highest BCUT2D eigenvalue weighted by molar-refractivity contribution is 7.15. The first kappa shape index (κ1) is 15.2. The summed E-state index contributed by atoms with van der Waals surface area (Å²) in [4.78, 5) is 18.1. The highest BCUT2D eigenvalue weighted by atomic mass is 32.1. The zero-order chi connectivity index (χ0) is 16.2. The van der Waals surface area contributed by atoms with Crippen LogP contribution in [0.1, 0.15) is 16.1 Å². The maximum Gasteiger partial charge on any atom is 0.188 e. The maximum absolute atomic E-state index is 6.15. The number of nitrogens with zero attached hydrogens (tertiary/aromatic N) is 4. The highest BCUT2D eigenvalue weighted by Gasteiger charge is 2.11. The lowest BCUT2D eigenvalue weighted by atomic mass is 10.3. The van der Waals surface area contributed by atoms with E-state index in [-0.39, 0.29) is 0 Å². The molecule has 23 heavy (non-hydrogen) atoms. The third-order valence-electron chi connectivity index (χ3n) is 3.32. The molecule has 7 nitrogen and oxygen atoms in total. The molecule has 3 aromatic rings. The van der Waals surface area contributed by atoms with E-state index in [4.69, 9.17) is 5.73 Å². The van der Waals surface area contributed by atoms with Crippen LogP contribution in [0.5, 0.6) is 0 Å². The molecule has 0 aliphatic carbocycles. The van der Waals surface area contributed by atoms with Crippen LogP contribution in [-0.4, -0.2) is 19.9 Å². The fourth-order valence-corrected chi connectivity index (χ4v) is 2.77. The Balaban J connectivity index is 1.75.